The van der Waals surface area contributed by atoms with Gasteiger partial charge in [0.2, 0.25) is 5.13 Å². The molecule has 0 atom stereocenters. The summed E-state index contributed by atoms with van der Waals surface area (Å²) in [5, 5.41) is 25.0. The maximum Gasteiger partial charge on any atom is 0.407 e. The van der Waals surface area contributed by atoms with Gasteiger partial charge >= 0.3 is 6.09 Å². The third kappa shape index (κ3) is 4.89. The first-order valence-electron chi connectivity index (χ1n) is 11.1. The summed E-state index contributed by atoms with van der Waals surface area (Å²) in [6, 6.07) is 5.68. The van der Waals surface area contributed by atoms with Crippen LogP contribution in [-0.2, 0) is 0 Å². The van der Waals surface area contributed by atoms with Gasteiger partial charge in [0.15, 0.2) is 0 Å². The minimum absolute atomic E-state index is 0.0466. The number of rotatable bonds is 4. The van der Waals surface area contributed by atoms with Crippen LogP contribution in [0.3, 0.4) is 0 Å². The summed E-state index contributed by atoms with van der Waals surface area (Å²) in [5.41, 5.74) is 3.17. The van der Waals surface area contributed by atoms with Gasteiger partial charge in [-0.1, -0.05) is 22.9 Å². The number of carbonyl (C=O) groups is 1. The Morgan fingerprint density at radius 2 is 1.94 bits per heavy atom. The number of anilines is 1. The Morgan fingerprint density at radius 3 is 2.58 bits per heavy atom. The first-order chi connectivity index (χ1) is 15.5. The second kappa shape index (κ2) is 9.02. The van der Waals surface area contributed by atoms with E-state index in [4.69, 9.17) is 16.3 Å². The van der Waals surface area contributed by atoms with Gasteiger partial charge in [-0.15, -0.1) is 10.2 Å². The summed E-state index contributed by atoms with van der Waals surface area (Å²) in [5.74, 6) is 0.655. The highest BCUT2D eigenvalue weighted by Gasteiger charge is 2.39. The molecule has 2 aromatic rings. The lowest BCUT2D eigenvalue weighted by Crippen LogP contribution is -2.49. The Morgan fingerprint density at radius 1 is 1.21 bits per heavy atom. The standard InChI is InChI=1S/C23H30ClN5O3S/c1-14(2)32-19-7-6-15(12-17(19)24)20-25-26-21(33-20)28-13-16-8-10-27(22(30)31)11-9-18(16)29(28)23(3,4)5/h6-7,12,14H,8-11,13H2,1-5H3,(H,30,31). The van der Waals surface area contributed by atoms with Crippen LogP contribution >= 0.6 is 22.9 Å². The molecule has 10 heteroatoms. The molecule has 8 nitrogen and oxygen atoms in total. The fourth-order valence-electron chi connectivity index (χ4n) is 4.30. The smallest absolute Gasteiger partial charge is 0.407 e. The van der Waals surface area contributed by atoms with Crippen molar-refractivity contribution in [2.45, 2.75) is 59.1 Å². The van der Waals surface area contributed by atoms with E-state index in [-0.39, 0.29) is 11.6 Å². The maximum atomic E-state index is 11.5. The predicted octanol–water partition coefficient (Wildman–Crippen LogP) is 5.51. The summed E-state index contributed by atoms with van der Waals surface area (Å²) in [7, 11) is 0. The largest absolute Gasteiger partial charge is 0.489 e. The molecule has 1 amide bonds. The second-order valence-electron chi connectivity index (χ2n) is 9.56. The van der Waals surface area contributed by atoms with Crippen LogP contribution in [0.2, 0.25) is 5.02 Å². The van der Waals surface area contributed by atoms with Crippen molar-refractivity contribution in [3.8, 4) is 16.3 Å². The van der Waals surface area contributed by atoms with Gasteiger partial charge in [0.25, 0.3) is 0 Å². The molecule has 0 spiro atoms. The summed E-state index contributed by atoms with van der Waals surface area (Å²) in [4.78, 5) is 13.0. The number of amides is 1. The molecule has 0 bridgehead atoms. The Hall–Kier alpha value is -2.52. The Labute approximate surface area is 203 Å². The van der Waals surface area contributed by atoms with Crippen LogP contribution in [0.4, 0.5) is 9.93 Å². The van der Waals surface area contributed by atoms with E-state index < -0.39 is 6.09 Å². The normalized spacial score (nSPS) is 17.0. The molecular weight excluding hydrogens is 462 g/mol. The lowest BCUT2D eigenvalue weighted by molar-refractivity contribution is 0.142. The van der Waals surface area contributed by atoms with Gasteiger partial charge in [0.05, 0.1) is 23.2 Å². The lowest BCUT2D eigenvalue weighted by atomic mass is 10.1. The number of ether oxygens (including phenoxy) is 1. The van der Waals surface area contributed by atoms with Crippen LogP contribution < -0.4 is 9.75 Å². The van der Waals surface area contributed by atoms with Gasteiger partial charge in [0.1, 0.15) is 10.8 Å². The Balaban J connectivity index is 1.59. The zero-order valence-corrected chi connectivity index (χ0v) is 21.2. The van der Waals surface area contributed by atoms with Gasteiger partial charge in [-0.2, -0.15) is 0 Å². The molecule has 1 N–H and O–H groups in total. The molecule has 0 unspecified atom stereocenters. The molecule has 1 aromatic carbocycles. The molecule has 2 aliphatic rings. The van der Waals surface area contributed by atoms with Gasteiger partial charge in [-0.25, -0.2) is 4.79 Å². The van der Waals surface area contributed by atoms with Crippen molar-refractivity contribution in [3.63, 3.8) is 0 Å². The van der Waals surface area contributed by atoms with E-state index in [1.807, 2.05) is 32.0 Å². The fourth-order valence-corrected chi connectivity index (χ4v) is 5.36. The van der Waals surface area contributed by atoms with E-state index in [1.54, 1.807) is 0 Å². The molecule has 4 rings (SSSR count). The van der Waals surface area contributed by atoms with E-state index >= 15 is 0 Å². The molecule has 33 heavy (non-hydrogen) atoms. The van der Waals surface area contributed by atoms with E-state index in [0.29, 0.717) is 36.8 Å². The number of carboxylic acid groups (broad SMARTS) is 1. The van der Waals surface area contributed by atoms with Crippen LogP contribution in [0, 0.1) is 0 Å². The van der Waals surface area contributed by atoms with Gasteiger partial charge < -0.3 is 14.7 Å². The second-order valence-corrected chi connectivity index (χ2v) is 10.9. The topological polar surface area (TPSA) is 82.0 Å². The van der Waals surface area contributed by atoms with E-state index in [2.05, 4.69) is 41.0 Å². The highest BCUT2D eigenvalue weighted by Crippen LogP contribution is 2.41. The number of halogens is 1. The maximum absolute atomic E-state index is 11.5. The van der Waals surface area contributed by atoms with Crippen LogP contribution in [0.1, 0.15) is 47.5 Å². The van der Waals surface area contributed by atoms with E-state index in [1.165, 1.54) is 27.5 Å². The highest BCUT2D eigenvalue weighted by atomic mass is 35.5. The van der Waals surface area contributed by atoms with Crippen LogP contribution in [0.5, 0.6) is 5.75 Å². The minimum atomic E-state index is -0.854. The SMILES string of the molecule is CC(C)Oc1ccc(-c2nnc(N3CC4=C(CCN(C(=O)O)CC4)N3C(C)(C)C)s2)cc1Cl. The minimum Gasteiger partial charge on any atom is -0.489 e. The van der Waals surface area contributed by atoms with Crippen molar-refractivity contribution in [2.24, 2.45) is 0 Å². The molecule has 2 aliphatic heterocycles. The molecule has 3 heterocycles. The Bertz CT molecular complexity index is 1080. The third-order valence-corrected chi connectivity index (χ3v) is 6.91. The monoisotopic (exact) mass is 491 g/mol. The van der Waals surface area contributed by atoms with E-state index in [9.17, 15) is 9.90 Å². The Kier molecular flexibility index (Phi) is 6.46. The first kappa shape index (κ1) is 23.6. The number of hydrazine groups is 1. The number of hydrogen-bond acceptors (Lipinski definition) is 7. The zero-order chi connectivity index (χ0) is 23.9. The van der Waals surface area contributed by atoms with Crippen molar-refractivity contribution in [2.75, 3.05) is 24.6 Å². The fraction of sp³-hybridized carbons (Fsp3) is 0.522. The average molecular weight is 492 g/mol. The number of benzene rings is 1. The van der Waals surface area contributed by atoms with Crippen LogP contribution in [-0.4, -0.2) is 62.6 Å². The van der Waals surface area contributed by atoms with Crippen molar-refractivity contribution >= 4 is 34.2 Å². The molecule has 0 aliphatic carbocycles. The summed E-state index contributed by atoms with van der Waals surface area (Å²) < 4.78 is 5.74. The van der Waals surface area contributed by atoms with Crippen molar-refractivity contribution in [3.05, 3.63) is 34.5 Å². The van der Waals surface area contributed by atoms with Crippen LogP contribution in [0.25, 0.3) is 10.6 Å². The molecule has 0 fully saturated rings. The molecule has 0 saturated heterocycles. The third-order valence-electron chi connectivity index (χ3n) is 5.63. The average Bonchev–Trinajstić information content (AvgIpc) is 3.29. The van der Waals surface area contributed by atoms with Gasteiger partial charge in [-0.3, -0.25) is 10.0 Å². The zero-order valence-electron chi connectivity index (χ0n) is 19.6. The summed E-state index contributed by atoms with van der Waals surface area (Å²) in [6.07, 6.45) is 0.606. The summed E-state index contributed by atoms with van der Waals surface area (Å²) in [6.45, 7) is 12.1. The number of hydrogen-bond donors (Lipinski definition) is 1. The molecule has 0 radical (unpaired) electrons. The number of nitrogens with zero attached hydrogens (tertiary/aromatic N) is 5. The molecule has 1 aromatic heterocycles. The first-order valence-corrected chi connectivity index (χ1v) is 12.3. The van der Waals surface area contributed by atoms with E-state index in [0.717, 1.165) is 22.1 Å². The van der Waals surface area contributed by atoms with Crippen molar-refractivity contribution < 1.29 is 14.6 Å². The van der Waals surface area contributed by atoms with Crippen molar-refractivity contribution in [1.29, 1.82) is 0 Å². The van der Waals surface area contributed by atoms with Crippen LogP contribution in [0.15, 0.2) is 29.5 Å². The predicted molar refractivity (Wildman–Crippen MR) is 131 cm³/mol. The molecular formula is C23H30ClN5O3S. The quantitative estimate of drug-likeness (QED) is 0.603. The van der Waals surface area contributed by atoms with Gasteiger partial charge in [0, 0.05) is 30.8 Å². The molecule has 178 valence electrons. The van der Waals surface area contributed by atoms with Crippen molar-refractivity contribution in [1.82, 2.24) is 20.1 Å². The summed E-state index contributed by atoms with van der Waals surface area (Å²) >= 11 is 7.95. The van der Waals surface area contributed by atoms with Gasteiger partial charge in [-0.05, 0) is 64.8 Å². The lowest BCUT2D eigenvalue weighted by Gasteiger charge is -2.42. The molecule has 0 saturated carbocycles. The highest BCUT2D eigenvalue weighted by molar-refractivity contribution is 7.18. The number of aromatic nitrogens is 2.